The largest absolute Gasteiger partial charge is 0.381 e. The maximum Gasteiger partial charge on any atom is 0.111 e. The molecule has 72 valence electrons. The van der Waals surface area contributed by atoms with Crippen LogP contribution in [0.2, 0.25) is 0 Å². The van der Waals surface area contributed by atoms with Crippen molar-refractivity contribution in [3.05, 3.63) is 0 Å². The fraction of sp³-hybridized carbons (Fsp3) is 0.900. The fourth-order valence-electron chi connectivity index (χ4n) is 1.82. The van der Waals surface area contributed by atoms with E-state index in [1.165, 1.54) is 12.8 Å². The van der Waals surface area contributed by atoms with Gasteiger partial charge in [0.05, 0.1) is 12.2 Å². The highest BCUT2D eigenvalue weighted by atomic mass is 16.5. The van der Waals surface area contributed by atoms with Crippen molar-refractivity contribution in [3.8, 4) is 6.07 Å². The Bertz CT molecular complexity index is 224. The van der Waals surface area contributed by atoms with Gasteiger partial charge in [0.1, 0.15) is 5.54 Å². The van der Waals surface area contributed by atoms with E-state index in [1.807, 2.05) is 0 Å². The minimum absolute atomic E-state index is 0.261. The molecule has 13 heavy (non-hydrogen) atoms. The molecule has 0 spiro atoms. The highest BCUT2D eigenvalue weighted by Gasteiger charge is 2.45. The van der Waals surface area contributed by atoms with Gasteiger partial charge in [-0.1, -0.05) is 0 Å². The van der Waals surface area contributed by atoms with E-state index in [2.05, 4.69) is 11.4 Å². The number of hydrogen-bond donors (Lipinski definition) is 1. The molecule has 0 bridgehead atoms. The number of nitriles is 1. The van der Waals surface area contributed by atoms with E-state index in [4.69, 9.17) is 10.00 Å². The van der Waals surface area contributed by atoms with Gasteiger partial charge in [0.25, 0.3) is 0 Å². The minimum atomic E-state index is -0.261. The summed E-state index contributed by atoms with van der Waals surface area (Å²) in [6.45, 7) is 1.02. The lowest BCUT2D eigenvalue weighted by Gasteiger charge is -2.42. The van der Waals surface area contributed by atoms with Crippen LogP contribution >= 0.6 is 0 Å². The second-order valence-electron chi connectivity index (χ2n) is 4.28. The Morgan fingerprint density at radius 1 is 1.54 bits per heavy atom. The predicted molar refractivity (Wildman–Crippen MR) is 49.1 cm³/mol. The number of hydrogen-bond acceptors (Lipinski definition) is 3. The molecule has 0 radical (unpaired) electrons. The summed E-state index contributed by atoms with van der Waals surface area (Å²) in [5, 5.41) is 12.4. The second-order valence-corrected chi connectivity index (χ2v) is 4.28. The third-order valence-electron chi connectivity index (χ3n) is 3.13. The van der Waals surface area contributed by atoms with E-state index < -0.39 is 0 Å². The first-order valence-electron chi connectivity index (χ1n) is 4.97. The molecule has 0 aliphatic heterocycles. The van der Waals surface area contributed by atoms with Crippen molar-refractivity contribution in [2.45, 2.75) is 37.3 Å². The van der Waals surface area contributed by atoms with Crippen LogP contribution in [0.5, 0.6) is 0 Å². The van der Waals surface area contributed by atoms with Crippen LogP contribution in [0.4, 0.5) is 0 Å². The molecule has 0 saturated heterocycles. The van der Waals surface area contributed by atoms with Crippen molar-refractivity contribution in [1.82, 2.24) is 5.32 Å². The van der Waals surface area contributed by atoms with Crippen LogP contribution in [0.15, 0.2) is 0 Å². The maximum atomic E-state index is 9.02. The molecule has 3 heteroatoms. The summed E-state index contributed by atoms with van der Waals surface area (Å²) in [4.78, 5) is 0. The Hall–Kier alpha value is -0.590. The summed E-state index contributed by atoms with van der Waals surface area (Å²) in [6, 6.07) is 2.37. The van der Waals surface area contributed by atoms with E-state index in [0.717, 1.165) is 25.3 Å². The lowest BCUT2D eigenvalue weighted by Crippen LogP contribution is -2.57. The van der Waals surface area contributed by atoms with Crippen LogP contribution in [-0.4, -0.2) is 25.3 Å². The van der Waals surface area contributed by atoms with Crippen LogP contribution in [0.25, 0.3) is 0 Å². The average Bonchev–Trinajstić information content (AvgIpc) is 2.87. The van der Waals surface area contributed by atoms with E-state index in [1.54, 1.807) is 7.11 Å². The number of nitrogens with one attached hydrogen (secondary N) is 1. The lowest BCUT2D eigenvalue weighted by atomic mass is 9.75. The zero-order chi connectivity index (χ0) is 9.31. The molecule has 0 unspecified atom stereocenters. The second kappa shape index (κ2) is 3.28. The Morgan fingerprint density at radius 3 is 2.69 bits per heavy atom. The average molecular weight is 180 g/mol. The van der Waals surface area contributed by atoms with E-state index >= 15 is 0 Å². The first-order chi connectivity index (χ1) is 6.28. The molecule has 0 aromatic rings. The molecule has 3 nitrogen and oxygen atoms in total. The molecule has 2 saturated carbocycles. The Morgan fingerprint density at radius 2 is 2.23 bits per heavy atom. The summed E-state index contributed by atoms with van der Waals surface area (Å²) >= 11 is 0. The topological polar surface area (TPSA) is 45.0 Å². The van der Waals surface area contributed by atoms with Gasteiger partial charge in [0, 0.05) is 20.0 Å². The summed E-state index contributed by atoms with van der Waals surface area (Å²) in [5.41, 5.74) is -0.261. The standard InChI is InChI=1S/C10H16N2O/c1-13-9-4-10(5-9,7-11)12-6-8-2-3-8/h8-9,12H,2-6H2,1H3. The zero-order valence-electron chi connectivity index (χ0n) is 8.05. The van der Waals surface area contributed by atoms with Crippen molar-refractivity contribution in [2.24, 2.45) is 5.92 Å². The molecule has 1 N–H and O–H groups in total. The van der Waals surface area contributed by atoms with Gasteiger partial charge in [0.15, 0.2) is 0 Å². The number of nitrogens with zero attached hydrogens (tertiary/aromatic N) is 1. The molecule has 2 aliphatic rings. The van der Waals surface area contributed by atoms with Crippen LogP contribution in [0.1, 0.15) is 25.7 Å². The molecule has 2 rings (SSSR count). The Balaban J connectivity index is 1.77. The summed E-state index contributed by atoms with van der Waals surface area (Å²) in [7, 11) is 1.72. The quantitative estimate of drug-likeness (QED) is 0.703. The summed E-state index contributed by atoms with van der Waals surface area (Å²) in [6.07, 6.45) is 4.68. The zero-order valence-corrected chi connectivity index (χ0v) is 8.05. The Kier molecular flexibility index (Phi) is 2.27. The molecule has 0 atom stereocenters. The van der Waals surface area contributed by atoms with Crippen molar-refractivity contribution in [1.29, 1.82) is 5.26 Å². The van der Waals surface area contributed by atoms with Gasteiger partial charge in [-0.15, -0.1) is 0 Å². The van der Waals surface area contributed by atoms with Crippen LogP contribution in [-0.2, 0) is 4.74 Å². The van der Waals surface area contributed by atoms with E-state index in [-0.39, 0.29) is 5.54 Å². The van der Waals surface area contributed by atoms with E-state index in [9.17, 15) is 0 Å². The highest BCUT2D eigenvalue weighted by molar-refractivity contribution is 5.16. The monoisotopic (exact) mass is 180 g/mol. The SMILES string of the molecule is COC1CC(C#N)(NCC2CC2)C1. The maximum absolute atomic E-state index is 9.02. The highest BCUT2D eigenvalue weighted by Crippen LogP contribution is 2.35. The molecule has 0 amide bonds. The van der Waals surface area contributed by atoms with Gasteiger partial charge in [-0.05, 0) is 25.3 Å². The molecule has 0 aromatic carbocycles. The molecule has 0 heterocycles. The minimum Gasteiger partial charge on any atom is -0.381 e. The Labute approximate surface area is 79.1 Å². The number of rotatable bonds is 4. The van der Waals surface area contributed by atoms with E-state index in [0.29, 0.717) is 6.10 Å². The molecule has 2 aliphatic carbocycles. The lowest BCUT2D eigenvalue weighted by molar-refractivity contribution is -0.00783. The summed E-state index contributed by atoms with van der Waals surface area (Å²) in [5.74, 6) is 0.840. The van der Waals surface area contributed by atoms with Crippen LogP contribution in [0.3, 0.4) is 0 Å². The van der Waals surface area contributed by atoms with Gasteiger partial charge < -0.3 is 4.74 Å². The molecule has 0 aromatic heterocycles. The van der Waals surface area contributed by atoms with Crippen molar-refractivity contribution in [2.75, 3.05) is 13.7 Å². The van der Waals surface area contributed by atoms with Crippen molar-refractivity contribution in [3.63, 3.8) is 0 Å². The van der Waals surface area contributed by atoms with Gasteiger partial charge in [-0.25, -0.2) is 0 Å². The third-order valence-corrected chi connectivity index (χ3v) is 3.13. The number of ether oxygens (including phenoxy) is 1. The number of methoxy groups -OCH3 is 1. The van der Waals surface area contributed by atoms with Gasteiger partial charge >= 0.3 is 0 Å². The van der Waals surface area contributed by atoms with Gasteiger partial charge in [-0.3, -0.25) is 5.32 Å². The smallest absolute Gasteiger partial charge is 0.111 e. The summed E-state index contributed by atoms with van der Waals surface area (Å²) < 4.78 is 5.17. The normalized spacial score (nSPS) is 38.0. The molecular formula is C10H16N2O. The van der Waals surface area contributed by atoms with Crippen molar-refractivity contribution >= 4 is 0 Å². The third kappa shape index (κ3) is 1.84. The first-order valence-corrected chi connectivity index (χ1v) is 4.97. The van der Waals surface area contributed by atoms with Crippen LogP contribution < -0.4 is 5.32 Å². The van der Waals surface area contributed by atoms with Crippen LogP contribution in [0, 0.1) is 17.2 Å². The fourth-order valence-corrected chi connectivity index (χ4v) is 1.82. The van der Waals surface area contributed by atoms with Crippen molar-refractivity contribution < 1.29 is 4.74 Å². The van der Waals surface area contributed by atoms with Gasteiger partial charge in [0.2, 0.25) is 0 Å². The first kappa shape index (κ1) is 8.98. The molecule has 2 fully saturated rings. The molecular weight excluding hydrogens is 164 g/mol. The predicted octanol–water partition coefficient (Wildman–Crippen LogP) is 1.06. The van der Waals surface area contributed by atoms with Gasteiger partial charge in [-0.2, -0.15) is 5.26 Å².